The van der Waals surface area contributed by atoms with E-state index in [-0.39, 0.29) is 35.5 Å². The summed E-state index contributed by atoms with van der Waals surface area (Å²) in [5, 5.41) is 5.05. The quantitative estimate of drug-likeness (QED) is 0.217. The molecule has 3 aromatic carbocycles. The van der Waals surface area contributed by atoms with Crippen molar-refractivity contribution in [2.45, 2.75) is 56.4 Å². The van der Waals surface area contributed by atoms with Crippen molar-refractivity contribution in [1.82, 2.24) is 5.32 Å². The molecule has 3 aromatic rings. The molecule has 200 valence electrons. The summed E-state index contributed by atoms with van der Waals surface area (Å²) in [6.07, 6.45) is 7.79. The van der Waals surface area contributed by atoms with Crippen LogP contribution < -0.4 is 5.32 Å². The topological polar surface area (TPSA) is 72.5 Å². The molecule has 1 N–H and O–H groups in total. The Labute approximate surface area is 233 Å². The smallest absolute Gasteiger partial charge is 0.316 e. The lowest BCUT2D eigenvalue weighted by Gasteiger charge is -2.59. The molecule has 0 heterocycles. The SMILES string of the molecule is C[C@H](NC(=O)COC(=O)CSc1ccc2c3c(cccc13)C(=O)c1ccccc1-2)C12CC3CC(CC(C3)C1)C2. The van der Waals surface area contributed by atoms with Crippen LogP contribution in [0.25, 0.3) is 21.9 Å². The van der Waals surface area contributed by atoms with Crippen LogP contribution in [-0.2, 0) is 14.3 Å². The minimum absolute atomic E-state index is 0.0269. The molecule has 0 aliphatic heterocycles. The number of hydrogen-bond donors (Lipinski definition) is 1. The number of benzene rings is 3. The van der Waals surface area contributed by atoms with Crippen molar-refractivity contribution in [1.29, 1.82) is 0 Å². The molecule has 39 heavy (non-hydrogen) atoms. The number of hydrogen-bond acceptors (Lipinski definition) is 5. The second kappa shape index (κ2) is 9.51. The maximum atomic E-state index is 13.2. The van der Waals surface area contributed by atoms with Gasteiger partial charge in [-0.15, -0.1) is 11.8 Å². The molecular weight excluding hydrogens is 506 g/mol. The summed E-state index contributed by atoms with van der Waals surface area (Å²) >= 11 is 1.38. The lowest BCUT2D eigenvalue weighted by atomic mass is 9.48. The van der Waals surface area contributed by atoms with Crippen molar-refractivity contribution in [3.63, 3.8) is 0 Å². The lowest BCUT2D eigenvalue weighted by Crippen LogP contribution is -2.56. The second-order valence-electron chi connectivity index (χ2n) is 12.2. The van der Waals surface area contributed by atoms with E-state index in [9.17, 15) is 14.4 Å². The number of ether oxygens (including phenoxy) is 1. The van der Waals surface area contributed by atoms with Crippen LogP contribution >= 0.6 is 11.8 Å². The van der Waals surface area contributed by atoms with Gasteiger partial charge in [0.1, 0.15) is 0 Å². The third-order valence-electron chi connectivity index (χ3n) is 9.80. The largest absolute Gasteiger partial charge is 0.455 e. The number of esters is 1. The molecule has 0 radical (unpaired) electrons. The van der Waals surface area contributed by atoms with Crippen LogP contribution in [0.1, 0.15) is 61.4 Å². The normalized spacial score (nSPS) is 26.8. The Bertz CT molecular complexity index is 1480. The molecule has 1 amide bonds. The Kier molecular flexibility index (Phi) is 6.07. The van der Waals surface area contributed by atoms with Gasteiger partial charge in [-0.25, -0.2) is 0 Å². The van der Waals surface area contributed by atoms with E-state index < -0.39 is 5.97 Å². The van der Waals surface area contributed by atoms with E-state index in [0.29, 0.717) is 5.56 Å². The van der Waals surface area contributed by atoms with Crippen molar-refractivity contribution in [2.75, 3.05) is 12.4 Å². The van der Waals surface area contributed by atoms with E-state index in [2.05, 4.69) is 12.2 Å². The maximum Gasteiger partial charge on any atom is 0.316 e. The van der Waals surface area contributed by atoms with Gasteiger partial charge in [-0.1, -0.05) is 48.5 Å². The van der Waals surface area contributed by atoms with Gasteiger partial charge in [-0.05, 0) is 91.2 Å². The minimum Gasteiger partial charge on any atom is -0.455 e. The molecule has 5 aliphatic carbocycles. The van der Waals surface area contributed by atoms with Crippen LogP contribution in [0.15, 0.2) is 59.5 Å². The maximum absolute atomic E-state index is 13.2. The minimum atomic E-state index is -0.417. The van der Waals surface area contributed by atoms with Gasteiger partial charge in [0.25, 0.3) is 5.91 Å². The fourth-order valence-electron chi connectivity index (χ4n) is 8.45. The molecule has 0 saturated heterocycles. The number of nitrogens with one attached hydrogen (secondary N) is 1. The Morgan fingerprint density at radius 3 is 2.28 bits per heavy atom. The van der Waals surface area contributed by atoms with E-state index in [4.69, 9.17) is 4.74 Å². The van der Waals surface area contributed by atoms with E-state index in [1.807, 2.05) is 54.6 Å². The molecule has 8 rings (SSSR count). The van der Waals surface area contributed by atoms with Gasteiger partial charge >= 0.3 is 5.97 Å². The Balaban J connectivity index is 0.984. The Morgan fingerprint density at radius 1 is 0.897 bits per heavy atom. The van der Waals surface area contributed by atoms with Crippen LogP contribution in [0.3, 0.4) is 0 Å². The van der Waals surface area contributed by atoms with Crippen LogP contribution in [0.2, 0.25) is 0 Å². The molecule has 0 spiro atoms. The molecule has 0 aromatic heterocycles. The molecule has 5 aliphatic rings. The fraction of sp³-hybridized carbons (Fsp3) is 0.424. The standard InChI is InChI=1S/C33H33NO4S/c1-19(33-14-20-11-21(15-33)13-22(12-20)16-33)34-29(35)17-38-30(36)18-39-28-10-9-24-23-5-2-3-6-25(23)32(37)27-8-4-7-26(28)31(24)27/h2-10,19-22H,11-18H2,1H3,(H,34,35)/t19-,20?,21?,22?,33?/m0/s1. The summed E-state index contributed by atoms with van der Waals surface area (Å²) in [6.45, 7) is 1.90. The monoisotopic (exact) mass is 539 g/mol. The first kappa shape index (κ1) is 24.9. The first-order valence-corrected chi connectivity index (χ1v) is 15.2. The summed E-state index contributed by atoms with van der Waals surface area (Å²) in [5.41, 5.74) is 3.61. The molecule has 5 nitrogen and oxygen atoms in total. The molecule has 6 heteroatoms. The summed E-state index contributed by atoms with van der Waals surface area (Å²) in [6, 6.07) is 17.6. The van der Waals surface area contributed by atoms with Crippen LogP contribution in [0, 0.1) is 23.2 Å². The van der Waals surface area contributed by atoms with Crippen LogP contribution in [-0.4, -0.2) is 36.1 Å². The van der Waals surface area contributed by atoms with Gasteiger partial charge < -0.3 is 10.1 Å². The number of amides is 1. The highest BCUT2D eigenvalue weighted by atomic mass is 32.2. The number of thioether (sulfide) groups is 1. The lowest BCUT2D eigenvalue weighted by molar-refractivity contribution is -0.147. The van der Waals surface area contributed by atoms with E-state index >= 15 is 0 Å². The number of fused-ring (bicyclic) bond motifs is 2. The van der Waals surface area contributed by atoms with E-state index in [1.165, 1.54) is 50.3 Å². The van der Waals surface area contributed by atoms with Crippen molar-refractivity contribution in [3.05, 3.63) is 65.7 Å². The average Bonchev–Trinajstić information content (AvgIpc) is 2.93. The van der Waals surface area contributed by atoms with Crippen molar-refractivity contribution in [3.8, 4) is 11.1 Å². The molecule has 1 atom stereocenters. The molecule has 4 bridgehead atoms. The predicted octanol–water partition coefficient (Wildman–Crippen LogP) is 6.41. The highest BCUT2D eigenvalue weighted by Crippen LogP contribution is 2.61. The number of rotatable bonds is 7. The molecule has 4 fully saturated rings. The highest BCUT2D eigenvalue weighted by molar-refractivity contribution is 8.00. The predicted molar refractivity (Wildman–Crippen MR) is 153 cm³/mol. The van der Waals surface area contributed by atoms with E-state index in [0.717, 1.165) is 50.1 Å². The number of carbonyl (C=O) groups excluding carboxylic acids is 3. The van der Waals surface area contributed by atoms with Crippen molar-refractivity contribution < 1.29 is 19.1 Å². The Morgan fingerprint density at radius 2 is 1.56 bits per heavy atom. The van der Waals surface area contributed by atoms with Gasteiger partial charge in [-0.3, -0.25) is 14.4 Å². The van der Waals surface area contributed by atoms with Crippen LogP contribution in [0.4, 0.5) is 0 Å². The van der Waals surface area contributed by atoms with Gasteiger partial charge in [0.05, 0.1) is 5.75 Å². The summed E-state index contributed by atoms with van der Waals surface area (Å²) in [5.74, 6) is 1.98. The first-order valence-electron chi connectivity index (χ1n) is 14.2. The first-order chi connectivity index (χ1) is 18.9. The number of ketones is 1. The van der Waals surface area contributed by atoms with Gasteiger partial charge in [-0.2, -0.15) is 0 Å². The van der Waals surface area contributed by atoms with Crippen molar-refractivity contribution >= 4 is 40.2 Å². The van der Waals surface area contributed by atoms with Gasteiger partial charge in [0.2, 0.25) is 0 Å². The zero-order valence-corrected chi connectivity index (χ0v) is 23.0. The summed E-state index contributed by atoms with van der Waals surface area (Å²) < 4.78 is 5.37. The molecular formula is C33H33NO4S. The zero-order chi connectivity index (χ0) is 26.7. The third kappa shape index (κ3) is 4.28. The third-order valence-corrected chi connectivity index (χ3v) is 10.8. The fourth-order valence-corrected chi connectivity index (χ4v) is 9.30. The van der Waals surface area contributed by atoms with Crippen LogP contribution in [0.5, 0.6) is 0 Å². The summed E-state index contributed by atoms with van der Waals surface area (Å²) in [4.78, 5) is 39.4. The van der Waals surface area contributed by atoms with Crippen molar-refractivity contribution in [2.24, 2.45) is 23.2 Å². The Hall–Kier alpha value is -3.12. The number of carbonyl (C=O) groups is 3. The second-order valence-corrected chi connectivity index (χ2v) is 13.2. The van der Waals surface area contributed by atoms with Gasteiger partial charge in [0.15, 0.2) is 12.4 Å². The highest BCUT2D eigenvalue weighted by Gasteiger charge is 2.53. The van der Waals surface area contributed by atoms with E-state index in [1.54, 1.807) is 0 Å². The molecule has 0 unspecified atom stereocenters. The zero-order valence-electron chi connectivity index (χ0n) is 22.2. The summed E-state index contributed by atoms with van der Waals surface area (Å²) in [7, 11) is 0. The average molecular weight is 540 g/mol. The van der Waals surface area contributed by atoms with Gasteiger partial charge in [0, 0.05) is 27.5 Å². The molecule has 4 saturated carbocycles.